The molecule has 0 radical (unpaired) electrons. The van der Waals surface area contributed by atoms with E-state index in [0.717, 1.165) is 5.69 Å². The maximum Gasteiger partial charge on any atom is 0.0801 e. The summed E-state index contributed by atoms with van der Waals surface area (Å²) in [4.78, 5) is 7.00. The number of pyridine rings is 1. The third kappa shape index (κ3) is 3.30. The molecule has 0 unspecified atom stereocenters. The standard InChI is InChI=1S/C36H26N2S/c1-36(2)29-13-7-6-12-25(29)26-21-28-27-20-23(34-17-18-35(39-34)31-14-8-9-19-37-31)15-16-32(27)38(33(28)22-30(26)36)24-10-4-3-5-11-24/h3-22H,1-2H3. The van der Waals surface area contributed by atoms with E-state index < -0.39 is 0 Å². The molecule has 8 rings (SSSR count). The summed E-state index contributed by atoms with van der Waals surface area (Å²) in [7, 11) is 0. The van der Waals surface area contributed by atoms with Crippen LogP contribution in [0.25, 0.3) is 59.6 Å². The zero-order valence-corrected chi connectivity index (χ0v) is 22.7. The highest BCUT2D eigenvalue weighted by molar-refractivity contribution is 7.18. The highest BCUT2D eigenvalue weighted by Crippen LogP contribution is 2.51. The van der Waals surface area contributed by atoms with E-state index in [4.69, 9.17) is 0 Å². The van der Waals surface area contributed by atoms with Gasteiger partial charge in [-0.05, 0) is 88.5 Å². The molecule has 2 nitrogen and oxygen atoms in total. The van der Waals surface area contributed by atoms with Gasteiger partial charge in [0.05, 0.1) is 21.6 Å². The molecular weight excluding hydrogens is 492 g/mol. The van der Waals surface area contributed by atoms with Crippen LogP contribution in [0.4, 0.5) is 0 Å². The molecule has 0 atom stereocenters. The van der Waals surface area contributed by atoms with E-state index >= 15 is 0 Å². The van der Waals surface area contributed by atoms with E-state index in [0.29, 0.717) is 0 Å². The summed E-state index contributed by atoms with van der Waals surface area (Å²) in [6, 6.07) is 42.0. The van der Waals surface area contributed by atoms with E-state index in [1.165, 1.54) is 65.1 Å². The van der Waals surface area contributed by atoms with Crippen LogP contribution in [-0.2, 0) is 5.41 Å². The molecule has 3 aromatic heterocycles. The lowest BCUT2D eigenvalue weighted by atomic mass is 9.82. The molecule has 4 aromatic carbocycles. The summed E-state index contributed by atoms with van der Waals surface area (Å²) >= 11 is 1.80. The number of fused-ring (bicyclic) bond motifs is 6. The van der Waals surface area contributed by atoms with Gasteiger partial charge in [-0.1, -0.05) is 68.4 Å². The fourth-order valence-corrected chi connectivity index (χ4v) is 7.34. The highest BCUT2D eigenvalue weighted by atomic mass is 32.1. The van der Waals surface area contributed by atoms with Crippen molar-refractivity contribution < 1.29 is 0 Å². The van der Waals surface area contributed by atoms with Gasteiger partial charge in [0.2, 0.25) is 0 Å². The van der Waals surface area contributed by atoms with Crippen molar-refractivity contribution in [1.29, 1.82) is 0 Å². The minimum atomic E-state index is -0.0396. The Labute approximate surface area is 231 Å². The summed E-state index contributed by atoms with van der Waals surface area (Å²) in [5.74, 6) is 0. The van der Waals surface area contributed by atoms with E-state index in [1.807, 2.05) is 18.3 Å². The molecule has 7 aromatic rings. The average Bonchev–Trinajstić information content (AvgIpc) is 3.66. The third-order valence-corrected chi connectivity index (χ3v) is 9.45. The van der Waals surface area contributed by atoms with Crippen LogP contribution in [0.2, 0.25) is 0 Å². The average molecular weight is 519 g/mol. The van der Waals surface area contributed by atoms with Crippen molar-refractivity contribution in [1.82, 2.24) is 9.55 Å². The zero-order chi connectivity index (χ0) is 26.1. The van der Waals surface area contributed by atoms with Gasteiger partial charge in [-0.25, -0.2) is 0 Å². The lowest BCUT2D eigenvalue weighted by Crippen LogP contribution is -2.14. The van der Waals surface area contributed by atoms with Gasteiger partial charge in [-0.15, -0.1) is 11.3 Å². The fraction of sp³-hybridized carbons (Fsp3) is 0.0833. The molecule has 0 saturated carbocycles. The molecule has 0 fully saturated rings. The smallest absolute Gasteiger partial charge is 0.0801 e. The van der Waals surface area contributed by atoms with E-state index in [2.05, 4.69) is 127 Å². The Morgan fingerprint density at radius 2 is 1.38 bits per heavy atom. The van der Waals surface area contributed by atoms with Gasteiger partial charge >= 0.3 is 0 Å². The molecule has 0 amide bonds. The normalized spacial score (nSPS) is 13.6. The Hall–Kier alpha value is -4.47. The number of rotatable bonds is 3. The van der Waals surface area contributed by atoms with Crippen LogP contribution >= 0.6 is 11.3 Å². The Kier molecular flexibility index (Phi) is 4.77. The van der Waals surface area contributed by atoms with Gasteiger partial charge in [-0.3, -0.25) is 4.98 Å². The fourth-order valence-electron chi connectivity index (χ4n) is 6.36. The Morgan fingerprint density at radius 3 is 2.23 bits per heavy atom. The SMILES string of the molecule is CC1(C)c2ccccc2-c2cc3c4cc(-c5ccc(-c6ccccn6)s5)ccc4n(-c4ccccc4)c3cc21. The van der Waals surface area contributed by atoms with Crippen LogP contribution in [0.3, 0.4) is 0 Å². The number of thiophene rings is 1. The largest absolute Gasteiger partial charge is 0.309 e. The maximum absolute atomic E-state index is 4.55. The van der Waals surface area contributed by atoms with Gasteiger partial charge in [0, 0.05) is 32.9 Å². The summed E-state index contributed by atoms with van der Waals surface area (Å²) in [5, 5.41) is 2.58. The maximum atomic E-state index is 4.55. The Balaban J connectivity index is 1.40. The molecule has 0 N–H and O–H groups in total. The second kappa shape index (κ2) is 8.26. The molecule has 1 aliphatic carbocycles. The topological polar surface area (TPSA) is 17.8 Å². The first kappa shape index (κ1) is 22.5. The number of benzene rings is 4. The molecule has 39 heavy (non-hydrogen) atoms. The molecule has 0 aliphatic heterocycles. The molecule has 0 saturated heterocycles. The minimum Gasteiger partial charge on any atom is -0.309 e. The minimum absolute atomic E-state index is 0.0396. The van der Waals surface area contributed by atoms with Gasteiger partial charge in [0.15, 0.2) is 0 Å². The number of hydrogen-bond acceptors (Lipinski definition) is 2. The summed E-state index contributed by atoms with van der Waals surface area (Å²) in [5.41, 5.74) is 11.4. The van der Waals surface area contributed by atoms with E-state index in [-0.39, 0.29) is 5.41 Å². The third-order valence-electron chi connectivity index (χ3n) is 8.29. The summed E-state index contributed by atoms with van der Waals surface area (Å²) < 4.78 is 2.43. The van der Waals surface area contributed by atoms with Crippen LogP contribution in [0.15, 0.2) is 121 Å². The number of aromatic nitrogens is 2. The van der Waals surface area contributed by atoms with Crippen molar-refractivity contribution in [3.05, 3.63) is 133 Å². The number of hydrogen-bond donors (Lipinski definition) is 0. The highest BCUT2D eigenvalue weighted by Gasteiger charge is 2.36. The second-order valence-corrected chi connectivity index (χ2v) is 12.0. The quantitative estimate of drug-likeness (QED) is 0.228. The summed E-state index contributed by atoms with van der Waals surface area (Å²) in [6.45, 7) is 4.71. The first-order chi connectivity index (χ1) is 19.1. The molecule has 0 bridgehead atoms. The van der Waals surface area contributed by atoms with Crippen LogP contribution < -0.4 is 0 Å². The number of para-hydroxylation sites is 1. The second-order valence-electron chi connectivity index (χ2n) is 10.9. The Bertz CT molecular complexity index is 2030. The Morgan fingerprint density at radius 1 is 0.615 bits per heavy atom. The van der Waals surface area contributed by atoms with Crippen molar-refractivity contribution in [3.63, 3.8) is 0 Å². The van der Waals surface area contributed by atoms with Gasteiger partial charge < -0.3 is 4.57 Å². The van der Waals surface area contributed by atoms with Gasteiger partial charge in [0.25, 0.3) is 0 Å². The molecule has 3 heteroatoms. The monoisotopic (exact) mass is 518 g/mol. The van der Waals surface area contributed by atoms with Gasteiger partial charge in [0.1, 0.15) is 0 Å². The van der Waals surface area contributed by atoms with Crippen molar-refractivity contribution in [3.8, 4) is 37.8 Å². The first-order valence-corrected chi connectivity index (χ1v) is 14.2. The molecule has 3 heterocycles. The van der Waals surface area contributed by atoms with Crippen molar-refractivity contribution in [2.24, 2.45) is 0 Å². The van der Waals surface area contributed by atoms with E-state index in [1.54, 1.807) is 11.3 Å². The predicted octanol–water partition coefficient (Wildman–Crippen LogP) is 9.88. The zero-order valence-electron chi connectivity index (χ0n) is 21.8. The molecule has 0 spiro atoms. The molecular formula is C36H26N2S. The van der Waals surface area contributed by atoms with Crippen molar-refractivity contribution in [2.45, 2.75) is 19.3 Å². The van der Waals surface area contributed by atoms with Crippen LogP contribution in [0, 0.1) is 0 Å². The van der Waals surface area contributed by atoms with Crippen LogP contribution in [0.1, 0.15) is 25.0 Å². The van der Waals surface area contributed by atoms with Crippen LogP contribution in [-0.4, -0.2) is 9.55 Å². The molecule has 186 valence electrons. The van der Waals surface area contributed by atoms with E-state index in [9.17, 15) is 0 Å². The first-order valence-electron chi connectivity index (χ1n) is 13.4. The summed E-state index contributed by atoms with van der Waals surface area (Å²) in [6.07, 6.45) is 1.86. The van der Waals surface area contributed by atoms with Crippen LogP contribution in [0.5, 0.6) is 0 Å². The van der Waals surface area contributed by atoms with Crippen molar-refractivity contribution >= 4 is 33.1 Å². The van der Waals surface area contributed by atoms with Crippen molar-refractivity contribution in [2.75, 3.05) is 0 Å². The lowest BCUT2D eigenvalue weighted by molar-refractivity contribution is 0.661. The lowest BCUT2D eigenvalue weighted by Gasteiger charge is -2.21. The van der Waals surface area contributed by atoms with Gasteiger partial charge in [-0.2, -0.15) is 0 Å². The molecule has 1 aliphatic rings. The predicted molar refractivity (Wildman–Crippen MR) is 165 cm³/mol. The number of nitrogens with zero attached hydrogens (tertiary/aromatic N) is 2.